The molecule has 0 saturated heterocycles. The maximum Gasteiger partial charge on any atom is 0.264 e. The topological polar surface area (TPSA) is 74.8 Å². The number of carbonyl (C=O) groups excluding carboxylic acids is 1. The minimum atomic E-state index is -0.227. The van der Waals surface area contributed by atoms with Crippen LogP contribution in [0, 0.1) is 5.41 Å². The second-order valence-corrected chi connectivity index (χ2v) is 5.40. The van der Waals surface area contributed by atoms with Crippen molar-refractivity contribution in [1.29, 1.82) is 0 Å². The Bertz CT molecular complexity index is 679. The highest BCUT2D eigenvalue weighted by Gasteiger charge is 2.44. The first-order chi connectivity index (χ1) is 9.57. The van der Waals surface area contributed by atoms with Crippen LogP contribution in [0.15, 0.2) is 41.2 Å². The number of rotatable bonds is 3. The Labute approximate surface area is 116 Å². The maximum absolute atomic E-state index is 11.9. The van der Waals surface area contributed by atoms with Crippen molar-refractivity contribution in [3.8, 4) is 11.3 Å². The van der Waals surface area contributed by atoms with E-state index in [1.54, 1.807) is 6.07 Å². The normalized spacial score (nSPS) is 15.7. The summed E-state index contributed by atoms with van der Waals surface area (Å²) in [6.07, 6.45) is 1.91. The monoisotopic (exact) mass is 269 g/mol. The Kier molecular flexibility index (Phi) is 2.89. The first kappa shape index (κ1) is 12.6. The summed E-state index contributed by atoms with van der Waals surface area (Å²) in [5.74, 6) is 0.0763. The van der Waals surface area contributed by atoms with Crippen molar-refractivity contribution in [3.05, 3.63) is 46.8 Å². The average Bonchev–Trinajstić information content (AvgIpc) is 3.20. The van der Waals surface area contributed by atoms with E-state index in [1.807, 2.05) is 31.2 Å². The molecule has 5 nitrogen and oxygen atoms in total. The zero-order valence-corrected chi connectivity index (χ0v) is 11.1. The zero-order chi connectivity index (χ0) is 14.2. The van der Waals surface area contributed by atoms with E-state index in [0.717, 1.165) is 24.1 Å². The number of carbonyl (C=O) groups is 1. The highest BCUT2D eigenvalue weighted by atomic mass is 16.2. The first-order valence-electron chi connectivity index (χ1n) is 6.54. The van der Waals surface area contributed by atoms with E-state index >= 15 is 0 Å². The molecule has 0 unspecified atom stereocenters. The lowest BCUT2D eigenvalue weighted by molar-refractivity contribution is -0.120. The van der Waals surface area contributed by atoms with Crippen molar-refractivity contribution < 1.29 is 4.79 Å². The van der Waals surface area contributed by atoms with Crippen LogP contribution in [-0.4, -0.2) is 16.1 Å². The third-order valence-electron chi connectivity index (χ3n) is 3.67. The predicted octanol–water partition coefficient (Wildman–Crippen LogP) is 2.18. The molecule has 1 amide bonds. The second kappa shape index (κ2) is 4.59. The minimum absolute atomic E-state index is 0.0763. The summed E-state index contributed by atoms with van der Waals surface area (Å²) in [6.45, 7) is 1.97. The van der Waals surface area contributed by atoms with Gasteiger partial charge in [0.25, 0.3) is 5.56 Å². The highest BCUT2D eigenvalue weighted by molar-refractivity contribution is 5.96. The molecular formula is C15H15N3O2. The van der Waals surface area contributed by atoms with Gasteiger partial charge < -0.3 is 5.32 Å². The number of aromatic amines is 1. The van der Waals surface area contributed by atoms with E-state index in [1.165, 1.54) is 6.07 Å². The summed E-state index contributed by atoms with van der Waals surface area (Å²) in [5, 5.41) is 9.28. The smallest absolute Gasteiger partial charge is 0.264 e. The average molecular weight is 269 g/mol. The van der Waals surface area contributed by atoms with E-state index in [4.69, 9.17) is 0 Å². The summed E-state index contributed by atoms with van der Waals surface area (Å²) < 4.78 is 0. The van der Waals surface area contributed by atoms with Crippen molar-refractivity contribution in [2.75, 3.05) is 5.32 Å². The highest BCUT2D eigenvalue weighted by Crippen LogP contribution is 2.45. The molecule has 1 fully saturated rings. The molecule has 0 atom stereocenters. The fraction of sp³-hybridized carbons (Fsp3) is 0.267. The van der Waals surface area contributed by atoms with E-state index in [2.05, 4.69) is 15.5 Å². The maximum atomic E-state index is 11.9. The Morgan fingerprint density at radius 2 is 1.90 bits per heavy atom. The van der Waals surface area contributed by atoms with E-state index in [9.17, 15) is 9.59 Å². The van der Waals surface area contributed by atoms with Crippen LogP contribution in [0.2, 0.25) is 0 Å². The number of H-pyrrole nitrogens is 1. The Balaban J connectivity index is 1.76. The fourth-order valence-corrected chi connectivity index (χ4v) is 1.93. The van der Waals surface area contributed by atoms with Crippen molar-refractivity contribution in [1.82, 2.24) is 10.2 Å². The molecule has 3 rings (SSSR count). The lowest BCUT2D eigenvalue weighted by atomic mass is 10.1. The summed E-state index contributed by atoms with van der Waals surface area (Å²) in [5.41, 5.74) is 1.94. The van der Waals surface area contributed by atoms with Gasteiger partial charge in [0.05, 0.1) is 5.69 Å². The Morgan fingerprint density at radius 1 is 1.20 bits per heavy atom. The van der Waals surface area contributed by atoms with Crippen molar-refractivity contribution in [3.63, 3.8) is 0 Å². The molecule has 102 valence electrons. The molecule has 0 radical (unpaired) electrons. The molecule has 5 heteroatoms. The molecule has 0 aliphatic heterocycles. The van der Waals surface area contributed by atoms with Gasteiger partial charge >= 0.3 is 0 Å². The number of hydrogen-bond donors (Lipinski definition) is 2. The van der Waals surface area contributed by atoms with Crippen molar-refractivity contribution >= 4 is 11.6 Å². The molecular weight excluding hydrogens is 254 g/mol. The lowest BCUT2D eigenvalue weighted by Crippen LogP contribution is -2.21. The van der Waals surface area contributed by atoms with E-state index in [-0.39, 0.29) is 16.9 Å². The molecule has 1 aliphatic carbocycles. The Hall–Kier alpha value is -2.43. The van der Waals surface area contributed by atoms with Crippen LogP contribution in [-0.2, 0) is 4.79 Å². The van der Waals surface area contributed by atoms with Gasteiger partial charge in [-0.3, -0.25) is 9.59 Å². The molecule has 2 aromatic rings. The van der Waals surface area contributed by atoms with Crippen molar-refractivity contribution in [2.45, 2.75) is 19.8 Å². The number of aromatic nitrogens is 2. The quantitative estimate of drug-likeness (QED) is 0.896. The standard InChI is InChI=1S/C15H15N3O2/c1-15(8-9-15)14(20)16-11-4-2-10(3-5-11)12-6-7-13(19)18-17-12/h2-7H,8-9H2,1H3,(H,16,20)(H,18,19). The molecule has 0 bridgehead atoms. The van der Waals surface area contributed by atoms with Gasteiger partial charge in [0.15, 0.2) is 0 Å². The summed E-state index contributed by atoms with van der Waals surface area (Å²) in [4.78, 5) is 22.9. The molecule has 20 heavy (non-hydrogen) atoms. The van der Waals surface area contributed by atoms with Gasteiger partial charge in [0.1, 0.15) is 0 Å². The molecule has 1 saturated carbocycles. The number of anilines is 1. The van der Waals surface area contributed by atoms with Crippen LogP contribution in [0.3, 0.4) is 0 Å². The van der Waals surface area contributed by atoms with Crippen LogP contribution < -0.4 is 10.9 Å². The van der Waals surface area contributed by atoms with Gasteiger partial charge in [-0.05, 0) is 31.0 Å². The van der Waals surface area contributed by atoms with Gasteiger partial charge in [0.2, 0.25) is 5.91 Å². The number of nitrogens with one attached hydrogen (secondary N) is 2. The fourth-order valence-electron chi connectivity index (χ4n) is 1.93. The second-order valence-electron chi connectivity index (χ2n) is 5.40. The molecule has 1 aromatic heterocycles. The Morgan fingerprint density at radius 3 is 2.45 bits per heavy atom. The van der Waals surface area contributed by atoms with Gasteiger partial charge in [-0.25, -0.2) is 5.10 Å². The number of nitrogens with zero attached hydrogens (tertiary/aromatic N) is 1. The van der Waals surface area contributed by atoms with Gasteiger partial charge in [-0.1, -0.05) is 19.1 Å². The third-order valence-corrected chi connectivity index (χ3v) is 3.67. The molecule has 1 heterocycles. The SMILES string of the molecule is CC1(C(=O)Nc2ccc(-c3ccc(=O)[nH]n3)cc2)CC1. The van der Waals surface area contributed by atoms with E-state index < -0.39 is 0 Å². The predicted molar refractivity (Wildman–Crippen MR) is 76.3 cm³/mol. The van der Waals surface area contributed by atoms with Crippen LogP contribution in [0.4, 0.5) is 5.69 Å². The van der Waals surface area contributed by atoms with Gasteiger partial charge in [0, 0.05) is 22.7 Å². The number of hydrogen-bond acceptors (Lipinski definition) is 3. The minimum Gasteiger partial charge on any atom is -0.326 e. The summed E-state index contributed by atoms with van der Waals surface area (Å²) >= 11 is 0. The lowest BCUT2D eigenvalue weighted by Gasteiger charge is -2.10. The van der Waals surface area contributed by atoms with Crippen LogP contribution >= 0.6 is 0 Å². The van der Waals surface area contributed by atoms with Crippen molar-refractivity contribution in [2.24, 2.45) is 5.41 Å². The van der Waals surface area contributed by atoms with Gasteiger partial charge in [-0.15, -0.1) is 0 Å². The molecule has 1 aliphatic rings. The third kappa shape index (κ3) is 2.47. The summed E-state index contributed by atoms with van der Waals surface area (Å²) in [6, 6.07) is 10.5. The molecule has 2 N–H and O–H groups in total. The van der Waals surface area contributed by atoms with E-state index in [0.29, 0.717) is 5.69 Å². The largest absolute Gasteiger partial charge is 0.326 e. The molecule has 1 aromatic carbocycles. The first-order valence-corrected chi connectivity index (χ1v) is 6.54. The summed E-state index contributed by atoms with van der Waals surface area (Å²) in [7, 11) is 0. The van der Waals surface area contributed by atoms with Crippen LogP contribution in [0.25, 0.3) is 11.3 Å². The van der Waals surface area contributed by atoms with Crippen LogP contribution in [0.1, 0.15) is 19.8 Å². The van der Waals surface area contributed by atoms with Crippen LogP contribution in [0.5, 0.6) is 0 Å². The number of amides is 1. The zero-order valence-electron chi connectivity index (χ0n) is 11.1. The number of benzene rings is 1. The van der Waals surface area contributed by atoms with Gasteiger partial charge in [-0.2, -0.15) is 5.10 Å². The molecule has 0 spiro atoms.